The summed E-state index contributed by atoms with van der Waals surface area (Å²) in [5, 5.41) is 3.64. The molecule has 1 aromatic heterocycles. The molecule has 2 aliphatic heterocycles. The Morgan fingerprint density at radius 1 is 1.39 bits per heavy atom. The summed E-state index contributed by atoms with van der Waals surface area (Å²) in [6.07, 6.45) is 5.35. The van der Waals surface area contributed by atoms with Crippen LogP contribution in [0.25, 0.3) is 0 Å². The van der Waals surface area contributed by atoms with Crippen molar-refractivity contribution in [3.8, 4) is 0 Å². The number of primary amides is 1. The lowest BCUT2D eigenvalue weighted by Gasteiger charge is -2.26. The number of rotatable bonds is 2. The first-order chi connectivity index (χ1) is 8.72. The molecule has 0 aliphatic carbocycles. The predicted octanol–water partition coefficient (Wildman–Crippen LogP) is 0.511. The van der Waals surface area contributed by atoms with Crippen LogP contribution in [0.4, 0.5) is 5.69 Å². The molecule has 3 N–H and O–H groups in total. The number of pyridine rings is 1. The number of hydrogen-bond donors (Lipinski definition) is 2. The fourth-order valence-corrected chi connectivity index (χ4v) is 2.93. The maximum absolute atomic E-state index is 11.2. The lowest BCUT2D eigenvalue weighted by atomic mass is 10.1. The van der Waals surface area contributed by atoms with Crippen LogP contribution in [0.2, 0.25) is 0 Å². The van der Waals surface area contributed by atoms with Crippen LogP contribution in [-0.2, 0) is 0 Å². The van der Waals surface area contributed by atoms with Gasteiger partial charge in [-0.15, -0.1) is 0 Å². The second-order valence-corrected chi connectivity index (χ2v) is 5.14. The molecule has 1 amide bonds. The van der Waals surface area contributed by atoms with Crippen molar-refractivity contribution in [1.82, 2.24) is 10.3 Å². The second kappa shape index (κ2) is 4.57. The molecule has 2 atom stereocenters. The topological polar surface area (TPSA) is 71.2 Å². The van der Waals surface area contributed by atoms with E-state index < -0.39 is 5.91 Å². The van der Waals surface area contributed by atoms with E-state index in [0.717, 1.165) is 25.2 Å². The van der Waals surface area contributed by atoms with Crippen LogP contribution in [0.5, 0.6) is 0 Å². The summed E-state index contributed by atoms with van der Waals surface area (Å²) in [4.78, 5) is 17.5. The fourth-order valence-electron chi connectivity index (χ4n) is 2.93. The first-order valence-corrected chi connectivity index (χ1v) is 6.49. The third kappa shape index (κ3) is 2.18. The zero-order valence-electron chi connectivity index (χ0n) is 10.3. The van der Waals surface area contributed by atoms with E-state index in [1.807, 2.05) is 6.07 Å². The summed E-state index contributed by atoms with van der Waals surface area (Å²) in [6, 6.07) is 4.98. The van der Waals surface area contributed by atoms with Gasteiger partial charge in [0, 0.05) is 37.1 Å². The van der Waals surface area contributed by atoms with Gasteiger partial charge in [-0.1, -0.05) is 0 Å². The molecule has 2 bridgehead atoms. The zero-order chi connectivity index (χ0) is 12.5. The number of aromatic nitrogens is 1. The van der Waals surface area contributed by atoms with Gasteiger partial charge < -0.3 is 16.0 Å². The Morgan fingerprint density at radius 3 is 3.06 bits per heavy atom. The molecule has 5 heteroatoms. The maximum atomic E-state index is 11.2. The van der Waals surface area contributed by atoms with Gasteiger partial charge in [0.1, 0.15) is 5.69 Å². The van der Waals surface area contributed by atoms with Crippen LogP contribution in [0.1, 0.15) is 29.8 Å². The largest absolute Gasteiger partial charge is 0.370 e. The molecule has 0 radical (unpaired) electrons. The van der Waals surface area contributed by atoms with Gasteiger partial charge in [-0.25, -0.2) is 0 Å². The summed E-state index contributed by atoms with van der Waals surface area (Å²) in [6.45, 7) is 2.02. The van der Waals surface area contributed by atoms with E-state index in [9.17, 15) is 4.79 Å². The average Bonchev–Trinajstić information content (AvgIpc) is 2.69. The fraction of sp³-hybridized carbons (Fsp3) is 0.538. The summed E-state index contributed by atoms with van der Waals surface area (Å²) < 4.78 is 0. The highest BCUT2D eigenvalue weighted by Crippen LogP contribution is 2.24. The standard InChI is InChI=1S/C13H18N4O/c14-13(18)12-7-11(3-5-15-12)17-6-4-9-1-2-10(8-17)16-9/h3,5,7,9-10,16H,1-2,4,6,8H2,(H2,14,18). The highest BCUT2D eigenvalue weighted by atomic mass is 16.1. The first-order valence-electron chi connectivity index (χ1n) is 6.49. The van der Waals surface area contributed by atoms with Crippen LogP contribution < -0.4 is 16.0 Å². The Labute approximate surface area is 106 Å². The van der Waals surface area contributed by atoms with E-state index in [1.165, 1.54) is 12.8 Å². The quantitative estimate of drug-likeness (QED) is 0.797. The van der Waals surface area contributed by atoms with Crippen LogP contribution in [0.3, 0.4) is 0 Å². The van der Waals surface area contributed by atoms with Crippen molar-refractivity contribution in [3.63, 3.8) is 0 Å². The number of carbonyl (C=O) groups excluding carboxylic acids is 1. The van der Waals surface area contributed by atoms with Gasteiger partial charge in [-0.2, -0.15) is 0 Å². The van der Waals surface area contributed by atoms with Crippen LogP contribution >= 0.6 is 0 Å². The van der Waals surface area contributed by atoms with Gasteiger partial charge in [0.25, 0.3) is 5.91 Å². The van der Waals surface area contributed by atoms with Crippen molar-refractivity contribution in [2.75, 3.05) is 18.0 Å². The number of nitrogens with two attached hydrogens (primary N) is 1. The molecule has 2 fully saturated rings. The minimum absolute atomic E-state index is 0.342. The van der Waals surface area contributed by atoms with Crippen molar-refractivity contribution in [3.05, 3.63) is 24.0 Å². The van der Waals surface area contributed by atoms with Crippen molar-refractivity contribution in [2.24, 2.45) is 5.73 Å². The van der Waals surface area contributed by atoms with Gasteiger partial charge in [0.2, 0.25) is 0 Å². The normalized spacial score (nSPS) is 27.0. The predicted molar refractivity (Wildman–Crippen MR) is 69.5 cm³/mol. The SMILES string of the molecule is NC(=O)c1cc(N2CCC3CCC(C2)N3)ccn1. The van der Waals surface area contributed by atoms with Crippen LogP contribution in [0.15, 0.2) is 18.3 Å². The monoisotopic (exact) mass is 246 g/mol. The number of anilines is 1. The third-order valence-electron chi connectivity index (χ3n) is 3.88. The lowest BCUT2D eigenvalue weighted by molar-refractivity contribution is 0.0995. The minimum atomic E-state index is -0.466. The third-order valence-corrected chi connectivity index (χ3v) is 3.88. The van der Waals surface area contributed by atoms with Gasteiger partial charge in [-0.05, 0) is 31.4 Å². The van der Waals surface area contributed by atoms with E-state index in [-0.39, 0.29) is 0 Å². The summed E-state index contributed by atoms with van der Waals surface area (Å²) >= 11 is 0. The van der Waals surface area contributed by atoms with Crippen molar-refractivity contribution >= 4 is 11.6 Å². The van der Waals surface area contributed by atoms with E-state index in [0.29, 0.717) is 17.8 Å². The molecular weight excluding hydrogens is 228 g/mol. The molecule has 18 heavy (non-hydrogen) atoms. The van der Waals surface area contributed by atoms with Crippen LogP contribution in [-0.4, -0.2) is 36.1 Å². The summed E-state index contributed by atoms with van der Waals surface area (Å²) in [7, 11) is 0. The Morgan fingerprint density at radius 2 is 2.22 bits per heavy atom. The zero-order valence-corrected chi connectivity index (χ0v) is 10.3. The van der Waals surface area contributed by atoms with Crippen molar-refractivity contribution in [2.45, 2.75) is 31.3 Å². The molecule has 96 valence electrons. The number of amides is 1. The van der Waals surface area contributed by atoms with Gasteiger partial charge >= 0.3 is 0 Å². The van der Waals surface area contributed by atoms with Gasteiger partial charge in [0.05, 0.1) is 0 Å². The molecule has 5 nitrogen and oxygen atoms in total. The van der Waals surface area contributed by atoms with E-state index >= 15 is 0 Å². The molecular formula is C13H18N4O. The molecule has 2 saturated heterocycles. The van der Waals surface area contributed by atoms with Gasteiger partial charge in [-0.3, -0.25) is 9.78 Å². The van der Waals surface area contributed by atoms with Gasteiger partial charge in [0.15, 0.2) is 0 Å². The maximum Gasteiger partial charge on any atom is 0.267 e. The molecule has 3 heterocycles. The van der Waals surface area contributed by atoms with E-state index in [1.54, 1.807) is 12.3 Å². The lowest BCUT2D eigenvalue weighted by Crippen LogP contribution is -2.35. The summed E-state index contributed by atoms with van der Waals surface area (Å²) in [5.41, 5.74) is 6.66. The molecule has 2 aliphatic rings. The smallest absolute Gasteiger partial charge is 0.267 e. The van der Waals surface area contributed by atoms with E-state index in [4.69, 9.17) is 5.73 Å². The highest BCUT2D eigenvalue weighted by molar-refractivity contribution is 5.91. The number of fused-ring (bicyclic) bond motifs is 2. The molecule has 1 aromatic rings. The number of carbonyl (C=O) groups is 1. The first kappa shape index (κ1) is 11.5. The number of nitrogens with one attached hydrogen (secondary N) is 1. The molecule has 2 unspecified atom stereocenters. The molecule has 0 aromatic carbocycles. The molecule has 3 rings (SSSR count). The minimum Gasteiger partial charge on any atom is -0.370 e. The van der Waals surface area contributed by atoms with Crippen molar-refractivity contribution in [1.29, 1.82) is 0 Å². The Hall–Kier alpha value is -1.62. The van der Waals surface area contributed by atoms with E-state index in [2.05, 4.69) is 15.2 Å². The number of nitrogens with zero attached hydrogens (tertiary/aromatic N) is 2. The number of hydrogen-bond acceptors (Lipinski definition) is 4. The molecule has 0 spiro atoms. The highest BCUT2D eigenvalue weighted by Gasteiger charge is 2.29. The summed E-state index contributed by atoms with van der Waals surface area (Å²) in [5.74, 6) is -0.466. The molecule has 0 saturated carbocycles. The Kier molecular flexibility index (Phi) is 2.91. The Bertz CT molecular complexity index is 462. The second-order valence-electron chi connectivity index (χ2n) is 5.14. The van der Waals surface area contributed by atoms with Crippen molar-refractivity contribution < 1.29 is 4.79 Å². The van der Waals surface area contributed by atoms with Crippen LogP contribution in [0, 0.1) is 0 Å². The average molecular weight is 246 g/mol. The Balaban J connectivity index is 1.81.